The molecule has 0 N–H and O–H groups in total. The predicted molar refractivity (Wildman–Crippen MR) is 113 cm³/mol. The van der Waals surface area contributed by atoms with E-state index in [9.17, 15) is 14.4 Å². The third-order valence-corrected chi connectivity index (χ3v) is 7.58. The van der Waals surface area contributed by atoms with Crippen LogP contribution >= 0.6 is 11.3 Å². The van der Waals surface area contributed by atoms with Crippen molar-refractivity contribution >= 4 is 44.5 Å². The Labute approximate surface area is 178 Å². The third kappa shape index (κ3) is 3.45. The number of aromatic nitrogens is 2. The molecule has 0 aromatic carbocycles. The van der Waals surface area contributed by atoms with Crippen molar-refractivity contribution in [2.75, 3.05) is 37.6 Å². The average Bonchev–Trinajstić information content (AvgIpc) is 3.32. The minimum atomic E-state index is -0.145. The molecule has 3 fully saturated rings. The van der Waals surface area contributed by atoms with Crippen LogP contribution in [0, 0.1) is 11.8 Å². The van der Waals surface area contributed by atoms with Crippen LogP contribution in [-0.2, 0) is 14.4 Å². The normalized spacial score (nSPS) is 24.6. The number of pyridine rings is 1. The van der Waals surface area contributed by atoms with Crippen LogP contribution in [0.4, 0.5) is 5.13 Å². The number of thiazole rings is 1. The number of rotatable bonds is 4. The van der Waals surface area contributed by atoms with Gasteiger partial charge in [0.2, 0.25) is 17.7 Å². The molecule has 9 heteroatoms. The van der Waals surface area contributed by atoms with E-state index in [4.69, 9.17) is 0 Å². The molecule has 158 valence electrons. The largest absolute Gasteiger partial charge is 0.344 e. The summed E-state index contributed by atoms with van der Waals surface area (Å²) in [4.78, 5) is 53.1. The first-order valence-corrected chi connectivity index (χ1v) is 11.5. The van der Waals surface area contributed by atoms with E-state index < -0.39 is 0 Å². The molecule has 3 amide bonds. The fourth-order valence-corrected chi connectivity index (χ4v) is 5.82. The van der Waals surface area contributed by atoms with Crippen LogP contribution in [0.25, 0.3) is 10.3 Å². The number of imide groups is 1. The van der Waals surface area contributed by atoms with Crippen LogP contribution in [-0.4, -0.2) is 70.2 Å². The topological polar surface area (TPSA) is 86.7 Å². The highest BCUT2D eigenvalue weighted by molar-refractivity contribution is 7.21. The average molecular weight is 428 g/mol. The van der Waals surface area contributed by atoms with Crippen LogP contribution in [0.1, 0.15) is 32.1 Å². The quantitative estimate of drug-likeness (QED) is 0.693. The maximum Gasteiger partial charge on any atom is 0.233 e. The van der Waals surface area contributed by atoms with Gasteiger partial charge in [0.15, 0.2) is 5.13 Å². The van der Waals surface area contributed by atoms with Crippen molar-refractivity contribution in [3.8, 4) is 0 Å². The molecule has 0 radical (unpaired) electrons. The Morgan fingerprint density at radius 3 is 2.43 bits per heavy atom. The van der Waals surface area contributed by atoms with E-state index in [0.717, 1.165) is 54.3 Å². The van der Waals surface area contributed by atoms with Gasteiger partial charge in [-0.3, -0.25) is 19.3 Å². The van der Waals surface area contributed by atoms with Crippen LogP contribution in [0.2, 0.25) is 0 Å². The van der Waals surface area contributed by atoms with Gasteiger partial charge in [0, 0.05) is 45.3 Å². The standard InChI is InChI=1S/C21H25N5O3S/c27-17(7-9-26-19(28)14-4-1-2-5-15(14)20(26)29)24-10-12-25(13-11-24)21-23-16-6-3-8-22-18(16)30-21/h3,6,8,14-15H,1-2,4-5,7,9-13H2. The highest BCUT2D eigenvalue weighted by atomic mass is 32.1. The van der Waals surface area contributed by atoms with E-state index in [0.29, 0.717) is 13.1 Å². The van der Waals surface area contributed by atoms with Crippen LogP contribution < -0.4 is 4.90 Å². The molecule has 2 atom stereocenters. The Kier molecular flexibility index (Phi) is 5.14. The van der Waals surface area contributed by atoms with Crippen molar-refractivity contribution < 1.29 is 14.4 Å². The summed E-state index contributed by atoms with van der Waals surface area (Å²) in [5.74, 6) is -0.406. The summed E-state index contributed by atoms with van der Waals surface area (Å²) >= 11 is 1.57. The van der Waals surface area contributed by atoms with Gasteiger partial charge in [0.25, 0.3) is 0 Å². The summed E-state index contributed by atoms with van der Waals surface area (Å²) < 4.78 is 0. The zero-order valence-corrected chi connectivity index (χ0v) is 17.6. The Morgan fingerprint density at radius 1 is 1.07 bits per heavy atom. The highest BCUT2D eigenvalue weighted by Crippen LogP contribution is 2.38. The van der Waals surface area contributed by atoms with Crippen molar-refractivity contribution in [2.45, 2.75) is 32.1 Å². The van der Waals surface area contributed by atoms with Crippen molar-refractivity contribution in [1.29, 1.82) is 0 Å². The minimum absolute atomic E-state index is 0.0103. The monoisotopic (exact) mass is 427 g/mol. The van der Waals surface area contributed by atoms with Crippen LogP contribution in [0.15, 0.2) is 18.3 Å². The Hall–Kier alpha value is -2.55. The fourth-order valence-electron chi connectivity index (χ4n) is 4.86. The van der Waals surface area contributed by atoms with Gasteiger partial charge in [-0.2, -0.15) is 0 Å². The second kappa shape index (κ2) is 7.94. The van der Waals surface area contributed by atoms with Gasteiger partial charge < -0.3 is 9.80 Å². The van der Waals surface area contributed by atoms with E-state index in [1.807, 2.05) is 17.0 Å². The molecule has 0 spiro atoms. The van der Waals surface area contributed by atoms with Gasteiger partial charge >= 0.3 is 0 Å². The maximum absolute atomic E-state index is 12.7. The van der Waals surface area contributed by atoms with Crippen molar-refractivity contribution in [3.63, 3.8) is 0 Å². The zero-order valence-electron chi connectivity index (χ0n) is 16.8. The number of anilines is 1. The summed E-state index contributed by atoms with van der Waals surface area (Å²) in [6.07, 6.45) is 5.63. The number of fused-ring (bicyclic) bond motifs is 2. The van der Waals surface area contributed by atoms with Gasteiger partial charge in [-0.25, -0.2) is 9.97 Å². The van der Waals surface area contributed by atoms with E-state index >= 15 is 0 Å². The van der Waals surface area contributed by atoms with E-state index in [1.165, 1.54) is 4.90 Å². The lowest BCUT2D eigenvalue weighted by Crippen LogP contribution is -2.49. The van der Waals surface area contributed by atoms with E-state index in [1.54, 1.807) is 17.5 Å². The summed E-state index contributed by atoms with van der Waals surface area (Å²) in [6.45, 7) is 2.90. The molecule has 1 saturated carbocycles. The number of carbonyl (C=O) groups excluding carboxylic acids is 3. The molecule has 2 unspecified atom stereocenters. The molecular formula is C21H25N5O3S. The van der Waals surface area contributed by atoms with Crippen molar-refractivity contribution in [3.05, 3.63) is 18.3 Å². The zero-order chi connectivity index (χ0) is 20.7. The lowest BCUT2D eigenvalue weighted by Gasteiger charge is -2.34. The Bertz CT molecular complexity index is 927. The molecule has 2 saturated heterocycles. The first-order chi connectivity index (χ1) is 14.6. The molecule has 0 bridgehead atoms. The summed E-state index contributed by atoms with van der Waals surface area (Å²) in [5.41, 5.74) is 0.900. The maximum atomic E-state index is 12.7. The smallest absolute Gasteiger partial charge is 0.233 e. The molecular weight excluding hydrogens is 402 g/mol. The molecule has 1 aliphatic carbocycles. The molecule has 3 aliphatic rings. The lowest BCUT2D eigenvalue weighted by molar-refractivity contribution is -0.140. The van der Waals surface area contributed by atoms with Gasteiger partial charge in [-0.05, 0) is 25.0 Å². The van der Waals surface area contributed by atoms with Crippen molar-refractivity contribution in [2.24, 2.45) is 11.8 Å². The highest BCUT2D eigenvalue weighted by Gasteiger charge is 2.47. The number of nitrogens with zero attached hydrogens (tertiary/aromatic N) is 5. The molecule has 2 aromatic heterocycles. The predicted octanol–water partition coefficient (Wildman–Crippen LogP) is 1.91. The van der Waals surface area contributed by atoms with Gasteiger partial charge in [-0.15, -0.1) is 0 Å². The number of hydrogen-bond acceptors (Lipinski definition) is 7. The number of likely N-dealkylation sites (tertiary alicyclic amines) is 1. The van der Waals surface area contributed by atoms with Crippen LogP contribution in [0.5, 0.6) is 0 Å². The van der Waals surface area contributed by atoms with E-state index in [2.05, 4.69) is 14.9 Å². The molecule has 8 nitrogen and oxygen atoms in total. The third-order valence-electron chi connectivity index (χ3n) is 6.54. The van der Waals surface area contributed by atoms with Gasteiger partial charge in [0.05, 0.1) is 11.8 Å². The first kappa shape index (κ1) is 19.4. The summed E-state index contributed by atoms with van der Waals surface area (Å²) in [6, 6.07) is 3.84. The van der Waals surface area contributed by atoms with Crippen molar-refractivity contribution in [1.82, 2.24) is 19.8 Å². The number of piperazine rings is 1. The fraction of sp³-hybridized carbons (Fsp3) is 0.571. The Balaban J connectivity index is 1.14. The number of hydrogen-bond donors (Lipinski definition) is 0. The summed E-state index contributed by atoms with van der Waals surface area (Å²) in [5, 5.41) is 0.937. The molecule has 2 aromatic rings. The number of amides is 3. The molecule has 5 rings (SSSR count). The Morgan fingerprint density at radius 2 is 1.77 bits per heavy atom. The second-order valence-corrected chi connectivity index (χ2v) is 9.22. The molecule has 4 heterocycles. The first-order valence-electron chi connectivity index (χ1n) is 10.7. The van der Waals surface area contributed by atoms with E-state index in [-0.39, 0.29) is 42.5 Å². The van der Waals surface area contributed by atoms with Gasteiger partial charge in [-0.1, -0.05) is 24.2 Å². The minimum Gasteiger partial charge on any atom is -0.344 e. The van der Waals surface area contributed by atoms with Crippen LogP contribution in [0.3, 0.4) is 0 Å². The number of carbonyl (C=O) groups is 3. The molecule has 30 heavy (non-hydrogen) atoms. The summed E-state index contributed by atoms with van der Waals surface area (Å²) in [7, 11) is 0. The van der Waals surface area contributed by atoms with Gasteiger partial charge in [0.1, 0.15) is 10.3 Å². The lowest BCUT2D eigenvalue weighted by atomic mass is 9.81. The second-order valence-electron chi connectivity index (χ2n) is 8.27. The molecule has 2 aliphatic heterocycles. The SMILES string of the molecule is O=C(CCN1C(=O)C2CCCCC2C1=O)N1CCN(c2nc3cccnc3s2)CC1.